The standard InChI is InChI=1S/C19H31N/c1-15(2)17-9-7-16(8-10-17)14-20-18-6-5-12-19(3,4)13-11-18/h7-10,15,18,20H,5-6,11-14H2,1-4H3. The fourth-order valence-corrected chi connectivity index (χ4v) is 3.15. The first-order valence-corrected chi connectivity index (χ1v) is 8.28. The highest BCUT2D eigenvalue weighted by molar-refractivity contribution is 5.24. The Kier molecular flexibility index (Phi) is 5.26. The number of hydrogen-bond acceptors (Lipinski definition) is 1. The Bertz CT molecular complexity index is 402. The zero-order chi connectivity index (χ0) is 14.6. The molecule has 1 unspecified atom stereocenters. The van der Waals surface area contributed by atoms with Crippen molar-refractivity contribution >= 4 is 0 Å². The lowest BCUT2D eigenvalue weighted by Gasteiger charge is -2.22. The van der Waals surface area contributed by atoms with E-state index in [0.717, 1.165) is 6.54 Å². The predicted molar refractivity (Wildman–Crippen MR) is 88.0 cm³/mol. The normalized spacial score (nSPS) is 22.8. The number of nitrogens with one attached hydrogen (secondary N) is 1. The summed E-state index contributed by atoms with van der Waals surface area (Å²) in [6, 6.07) is 9.82. The molecule has 1 heteroatoms. The van der Waals surface area contributed by atoms with Crippen molar-refractivity contribution in [2.45, 2.75) is 78.3 Å². The molecule has 1 aliphatic carbocycles. The zero-order valence-corrected chi connectivity index (χ0v) is 13.7. The smallest absolute Gasteiger partial charge is 0.0208 e. The van der Waals surface area contributed by atoms with Crippen molar-refractivity contribution in [3.8, 4) is 0 Å². The molecule has 1 aliphatic rings. The summed E-state index contributed by atoms with van der Waals surface area (Å²) in [5, 5.41) is 3.76. The monoisotopic (exact) mass is 273 g/mol. The van der Waals surface area contributed by atoms with Gasteiger partial charge < -0.3 is 5.32 Å². The molecule has 20 heavy (non-hydrogen) atoms. The van der Waals surface area contributed by atoms with E-state index in [-0.39, 0.29) is 0 Å². The molecule has 112 valence electrons. The van der Waals surface area contributed by atoms with Crippen LogP contribution in [0.3, 0.4) is 0 Å². The zero-order valence-electron chi connectivity index (χ0n) is 13.7. The van der Waals surface area contributed by atoms with Crippen LogP contribution in [0.5, 0.6) is 0 Å². The number of benzene rings is 1. The minimum Gasteiger partial charge on any atom is -0.310 e. The Morgan fingerprint density at radius 3 is 2.45 bits per heavy atom. The van der Waals surface area contributed by atoms with E-state index in [9.17, 15) is 0 Å². The van der Waals surface area contributed by atoms with E-state index in [1.54, 1.807) is 0 Å². The van der Waals surface area contributed by atoms with E-state index in [1.807, 2.05) is 0 Å². The summed E-state index contributed by atoms with van der Waals surface area (Å²) in [6.07, 6.45) is 6.78. The lowest BCUT2D eigenvalue weighted by molar-refractivity contribution is 0.309. The van der Waals surface area contributed by atoms with Crippen LogP contribution in [0.15, 0.2) is 24.3 Å². The highest BCUT2D eigenvalue weighted by Crippen LogP contribution is 2.33. The van der Waals surface area contributed by atoms with Crippen LogP contribution >= 0.6 is 0 Å². The Morgan fingerprint density at radius 1 is 1.10 bits per heavy atom. The van der Waals surface area contributed by atoms with E-state index in [1.165, 1.54) is 43.2 Å². The Morgan fingerprint density at radius 2 is 1.80 bits per heavy atom. The Labute approximate surface area is 125 Å². The van der Waals surface area contributed by atoms with Crippen molar-refractivity contribution in [2.75, 3.05) is 0 Å². The van der Waals surface area contributed by atoms with Crippen molar-refractivity contribution < 1.29 is 0 Å². The largest absolute Gasteiger partial charge is 0.310 e. The molecule has 1 aromatic rings. The van der Waals surface area contributed by atoms with Crippen LogP contribution < -0.4 is 5.32 Å². The van der Waals surface area contributed by atoms with Crippen LogP contribution in [0.1, 0.15) is 76.8 Å². The maximum Gasteiger partial charge on any atom is 0.0208 e. The van der Waals surface area contributed by atoms with E-state index >= 15 is 0 Å². The third kappa shape index (κ3) is 4.63. The van der Waals surface area contributed by atoms with Gasteiger partial charge in [-0.3, -0.25) is 0 Å². The summed E-state index contributed by atoms with van der Waals surface area (Å²) in [7, 11) is 0. The Balaban J connectivity index is 1.82. The lowest BCUT2D eigenvalue weighted by Crippen LogP contribution is -2.28. The van der Waals surface area contributed by atoms with E-state index in [4.69, 9.17) is 0 Å². The first-order chi connectivity index (χ1) is 9.46. The second-order valence-corrected chi connectivity index (χ2v) is 7.57. The molecule has 0 saturated heterocycles. The highest BCUT2D eigenvalue weighted by atomic mass is 14.9. The number of hydrogen-bond donors (Lipinski definition) is 1. The van der Waals surface area contributed by atoms with Gasteiger partial charge in [0.05, 0.1) is 0 Å². The summed E-state index contributed by atoms with van der Waals surface area (Å²) < 4.78 is 0. The summed E-state index contributed by atoms with van der Waals surface area (Å²) >= 11 is 0. The summed E-state index contributed by atoms with van der Waals surface area (Å²) in [6.45, 7) is 10.4. The maximum absolute atomic E-state index is 3.76. The average Bonchev–Trinajstić information content (AvgIpc) is 2.58. The summed E-state index contributed by atoms with van der Waals surface area (Å²) in [5.41, 5.74) is 3.40. The van der Waals surface area contributed by atoms with Gasteiger partial charge in [0, 0.05) is 12.6 Å². The molecule has 1 N–H and O–H groups in total. The molecular formula is C19H31N. The van der Waals surface area contributed by atoms with Crippen LogP contribution in [-0.4, -0.2) is 6.04 Å². The van der Waals surface area contributed by atoms with Crippen molar-refractivity contribution in [1.82, 2.24) is 5.32 Å². The SMILES string of the molecule is CC(C)c1ccc(CNC2CCCC(C)(C)CC2)cc1. The molecule has 1 nitrogen and oxygen atoms in total. The molecule has 0 amide bonds. The molecule has 1 fully saturated rings. The second-order valence-electron chi connectivity index (χ2n) is 7.57. The fourth-order valence-electron chi connectivity index (χ4n) is 3.15. The van der Waals surface area contributed by atoms with Crippen LogP contribution in [0.2, 0.25) is 0 Å². The molecule has 0 aliphatic heterocycles. The minimum atomic E-state index is 0.551. The molecule has 0 heterocycles. The average molecular weight is 273 g/mol. The molecule has 1 atom stereocenters. The predicted octanol–water partition coefficient (Wildman–Crippen LogP) is 5.26. The van der Waals surface area contributed by atoms with Crippen LogP contribution in [-0.2, 0) is 6.54 Å². The summed E-state index contributed by atoms with van der Waals surface area (Å²) in [4.78, 5) is 0. The van der Waals surface area contributed by atoms with E-state index in [2.05, 4.69) is 57.3 Å². The molecule has 1 aromatic carbocycles. The summed E-state index contributed by atoms with van der Waals surface area (Å²) in [5.74, 6) is 0.626. The molecule has 0 bridgehead atoms. The van der Waals surface area contributed by atoms with Gasteiger partial charge in [0.15, 0.2) is 0 Å². The van der Waals surface area contributed by atoms with Gasteiger partial charge in [-0.05, 0) is 48.1 Å². The van der Waals surface area contributed by atoms with Crippen molar-refractivity contribution in [3.63, 3.8) is 0 Å². The second kappa shape index (κ2) is 6.76. The lowest BCUT2D eigenvalue weighted by atomic mass is 9.85. The van der Waals surface area contributed by atoms with Gasteiger partial charge in [0.25, 0.3) is 0 Å². The molecule has 2 rings (SSSR count). The Hall–Kier alpha value is -0.820. The molecule has 0 radical (unpaired) electrons. The topological polar surface area (TPSA) is 12.0 Å². The molecule has 0 aromatic heterocycles. The third-order valence-corrected chi connectivity index (χ3v) is 4.82. The van der Waals surface area contributed by atoms with Crippen LogP contribution in [0.25, 0.3) is 0 Å². The third-order valence-electron chi connectivity index (χ3n) is 4.82. The molecule has 1 saturated carbocycles. The van der Waals surface area contributed by atoms with Gasteiger partial charge in [0.2, 0.25) is 0 Å². The van der Waals surface area contributed by atoms with Crippen molar-refractivity contribution in [3.05, 3.63) is 35.4 Å². The fraction of sp³-hybridized carbons (Fsp3) is 0.684. The first kappa shape index (κ1) is 15.6. The minimum absolute atomic E-state index is 0.551. The van der Waals surface area contributed by atoms with Crippen molar-refractivity contribution in [1.29, 1.82) is 0 Å². The van der Waals surface area contributed by atoms with Crippen LogP contribution in [0, 0.1) is 5.41 Å². The van der Waals surface area contributed by atoms with Gasteiger partial charge in [-0.15, -0.1) is 0 Å². The highest BCUT2D eigenvalue weighted by Gasteiger charge is 2.23. The maximum atomic E-state index is 3.76. The molecule has 0 spiro atoms. The van der Waals surface area contributed by atoms with Gasteiger partial charge in [-0.1, -0.05) is 58.4 Å². The van der Waals surface area contributed by atoms with Crippen LogP contribution in [0.4, 0.5) is 0 Å². The quantitative estimate of drug-likeness (QED) is 0.738. The van der Waals surface area contributed by atoms with Gasteiger partial charge in [0.1, 0.15) is 0 Å². The van der Waals surface area contributed by atoms with E-state index < -0.39 is 0 Å². The van der Waals surface area contributed by atoms with Gasteiger partial charge in [-0.2, -0.15) is 0 Å². The van der Waals surface area contributed by atoms with Gasteiger partial charge in [-0.25, -0.2) is 0 Å². The number of rotatable bonds is 4. The first-order valence-electron chi connectivity index (χ1n) is 8.28. The molecular weight excluding hydrogens is 242 g/mol. The van der Waals surface area contributed by atoms with Gasteiger partial charge >= 0.3 is 0 Å². The van der Waals surface area contributed by atoms with E-state index in [0.29, 0.717) is 17.4 Å². The van der Waals surface area contributed by atoms with Crippen molar-refractivity contribution in [2.24, 2.45) is 5.41 Å².